The highest BCUT2D eigenvalue weighted by Crippen LogP contribution is 2.42. The Hall–Kier alpha value is -0.600. The van der Waals surface area contributed by atoms with Crippen molar-refractivity contribution in [3.05, 3.63) is 44.4 Å². The molecule has 0 N–H and O–H groups in total. The zero-order valence-electron chi connectivity index (χ0n) is 8.23. The van der Waals surface area contributed by atoms with Crippen molar-refractivity contribution < 1.29 is 4.42 Å². The molecule has 0 unspecified atom stereocenters. The third-order valence-corrected chi connectivity index (χ3v) is 4.05. The molecule has 0 spiro atoms. The minimum absolute atomic E-state index is 0.323. The highest BCUT2D eigenvalue weighted by Gasteiger charge is 2.15. The van der Waals surface area contributed by atoms with Crippen LogP contribution in [0.5, 0.6) is 0 Å². The summed E-state index contributed by atoms with van der Waals surface area (Å²) >= 11 is 24.1. The molecule has 17 heavy (non-hydrogen) atoms. The van der Waals surface area contributed by atoms with Crippen LogP contribution in [-0.4, -0.2) is 0 Å². The number of rotatable bonds is 0. The highest BCUT2D eigenvalue weighted by atomic mass is 35.5. The molecular weight excluding hydrogens is 302 g/mol. The second-order valence-corrected chi connectivity index (χ2v) is 5.20. The van der Waals surface area contributed by atoms with Gasteiger partial charge in [0.25, 0.3) is 0 Å². The fourth-order valence-corrected chi connectivity index (χ4v) is 2.67. The molecule has 86 valence electrons. The van der Waals surface area contributed by atoms with Gasteiger partial charge in [-0.05, 0) is 18.2 Å². The van der Waals surface area contributed by atoms with E-state index in [1.165, 1.54) is 0 Å². The van der Waals surface area contributed by atoms with Gasteiger partial charge in [-0.3, -0.25) is 0 Å². The van der Waals surface area contributed by atoms with E-state index in [4.69, 9.17) is 50.8 Å². The van der Waals surface area contributed by atoms with Gasteiger partial charge >= 0.3 is 0 Å². The number of hydrogen-bond acceptors (Lipinski definition) is 1. The lowest BCUT2D eigenvalue weighted by Gasteiger charge is -1.99. The van der Waals surface area contributed by atoms with Crippen LogP contribution in [0.1, 0.15) is 0 Å². The average molecular weight is 306 g/mol. The van der Waals surface area contributed by atoms with Crippen molar-refractivity contribution in [1.29, 1.82) is 0 Å². The molecule has 0 aliphatic rings. The highest BCUT2D eigenvalue weighted by molar-refractivity contribution is 6.51. The number of furan rings is 1. The smallest absolute Gasteiger partial charge is 0.138 e. The van der Waals surface area contributed by atoms with E-state index < -0.39 is 0 Å². The molecule has 2 aromatic carbocycles. The Balaban J connectivity index is 2.59. The third-order valence-electron chi connectivity index (χ3n) is 2.56. The molecule has 1 heterocycles. The molecule has 0 radical (unpaired) electrons. The van der Waals surface area contributed by atoms with Gasteiger partial charge in [0.15, 0.2) is 0 Å². The Morgan fingerprint density at radius 3 is 2.35 bits per heavy atom. The first-order valence-corrected chi connectivity index (χ1v) is 6.24. The lowest BCUT2D eigenvalue weighted by atomic mass is 10.1. The summed E-state index contributed by atoms with van der Waals surface area (Å²) in [6, 6.07) is 6.98. The van der Waals surface area contributed by atoms with E-state index in [1.54, 1.807) is 24.3 Å². The molecule has 0 fully saturated rings. The van der Waals surface area contributed by atoms with Crippen LogP contribution in [0.25, 0.3) is 21.9 Å². The summed E-state index contributed by atoms with van der Waals surface area (Å²) in [6.07, 6.45) is 0. The number of fused-ring (bicyclic) bond motifs is 3. The first kappa shape index (κ1) is 11.5. The molecule has 5 heteroatoms. The van der Waals surface area contributed by atoms with Gasteiger partial charge in [-0.1, -0.05) is 46.4 Å². The topological polar surface area (TPSA) is 13.1 Å². The molecule has 0 aliphatic heterocycles. The van der Waals surface area contributed by atoms with E-state index in [9.17, 15) is 0 Å². The molecule has 0 bridgehead atoms. The van der Waals surface area contributed by atoms with E-state index in [1.807, 2.05) is 0 Å². The second-order valence-electron chi connectivity index (χ2n) is 3.60. The minimum atomic E-state index is 0.323. The molecular formula is C12H4Cl4O. The van der Waals surface area contributed by atoms with Gasteiger partial charge in [-0.25, -0.2) is 0 Å². The largest absolute Gasteiger partial charge is 0.456 e. The summed E-state index contributed by atoms with van der Waals surface area (Å²) in [7, 11) is 0. The van der Waals surface area contributed by atoms with Crippen LogP contribution in [-0.2, 0) is 0 Å². The third kappa shape index (κ3) is 1.69. The number of hydrogen-bond donors (Lipinski definition) is 0. The molecule has 1 aromatic heterocycles. The van der Waals surface area contributed by atoms with Crippen LogP contribution < -0.4 is 0 Å². The van der Waals surface area contributed by atoms with Gasteiger partial charge in [0.05, 0.1) is 15.1 Å². The SMILES string of the molecule is Clc1ccc2oc3cc(Cl)c(Cl)c(Cl)c3c2c1. The Kier molecular flexibility index (Phi) is 2.68. The van der Waals surface area contributed by atoms with Gasteiger partial charge in [-0.15, -0.1) is 0 Å². The molecule has 0 aliphatic carbocycles. The molecule has 0 saturated heterocycles. The lowest BCUT2D eigenvalue weighted by molar-refractivity contribution is 0.669. The van der Waals surface area contributed by atoms with Gasteiger partial charge in [0.1, 0.15) is 11.2 Å². The van der Waals surface area contributed by atoms with Crippen LogP contribution in [0, 0.1) is 0 Å². The first-order chi connectivity index (χ1) is 8.08. The second kappa shape index (κ2) is 3.96. The zero-order valence-corrected chi connectivity index (χ0v) is 11.3. The van der Waals surface area contributed by atoms with Crippen LogP contribution >= 0.6 is 46.4 Å². The predicted molar refractivity (Wildman–Crippen MR) is 73.8 cm³/mol. The van der Waals surface area contributed by atoms with Crippen molar-refractivity contribution in [2.24, 2.45) is 0 Å². The van der Waals surface area contributed by atoms with Gasteiger partial charge in [-0.2, -0.15) is 0 Å². The summed E-state index contributed by atoms with van der Waals surface area (Å²) in [5.41, 5.74) is 1.30. The van der Waals surface area contributed by atoms with Crippen molar-refractivity contribution in [3.8, 4) is 0 Å². The zero-order chi connectivity index (χ0) is 12.2. The minimum Gasteiger partial charge on any atom is -0.456 e. The standard InChI is InChI=1S/C12H4Cl4O/c13-5-1-2-8-6(3-5)10-9(17-8)4-7(14)11(15)12(10)16/h1-4H. The average Bonchev–Trinajstić information content (AvgIpc) is 2.63. The van der Waals surface area contributed by atoms with Crippen LogP contribution in [0.2, 0.25) is 20.1 Å². The maximum absolute atomic E-state index is 6.18. The fraction of sp³-hybridized carbons (Fsp3) is 0. The summed E-state index contributed by atoms with van der Waals surface area (Å²) in [6.45, 7) is 0. The van der Waals surface area contributed by atoms with Crippen molar-refractivity contribution in [2.75, 3.05) is 0 Å². The molecule has 0 saturated carbocycles. The number of benzene rings is 2. The lowest BCUT2D eigenvalue weighted by Crippen LogP contribution is -1.74. The Labute approximate surface area is 117 Å². The van der Waals surface area contributed by atoms with E-state index in [2.05, 4.69) is 0 Å². The maximum atomic E-state index is 6.18. The van der Waals surface area contributed by atoms with Crippen molar-refractivity contribution in [1.82, 2.24) is 0 Å². The summed E-state index contributed by atoms with van der Waals surface area (Å²) in [5.74, 6) is 0. The predicted octanol–water partition coefficient (Wildman–Crippen LogP) is 6.20. The van der Waals surface area contributed by atoms with Crippen molar-refractivity contribution in [2.45, 2.75) is 0 Å². The van der Waals surface area contributed by atoms with Crippen LogP contribution in [0.15, 0.2) is 28.7 Å². The molecule has 3 aromatic rings. The summed E-state index contributed by atoms with van der Waals surface area (Å²) in [5, 5.41) is 3.25. The van der Waals surface area contributed by atoms with Gasteiger partial charge in [0, 0.05) is 21.9 Å². The van der Waals surface area contributed by atoms with Crippen LogP contribution in [0.3, 0.4) is 0 Å². The van der Waals surface area contributed by atoms with E-state index in [-0.39, 0.29) is 0 Å². The van der Waals surface area contributed by atoms with E-state index in [0.29, 0.717) is 31.3 Å². The van der Waals surface area contributed by atoms with Crippen molar-refractivity contribution >= 4 is 68.3 Å². The van der Waals surface area contributed by atoms with Gasteiger partial charge in [0.2, 0.25) is 0 Å². The monoisotopic (exact) mass is 304 g/mol. The Morgan fingerprint density at radius 1 is 0.824 bits per heavy atom. The maximum Gasteiger partial charge on any atom is 0.138 e. The molecule has 3 rings (SSSR count). The quantitative estimate of drug-likeness (QED) is 0.451. The van der Waals surface area contributed by atoms with E-state index >= 15 is 0 Å². The van der Waals surface area contributed by atoms with Crippen LogP contribution in [0.4, 0.5) is 0 Å². The summed E-state index contributed by atoms with van der Waals surface area (Å²) < 4.78 is 5.64. The Bertz CT molecular complexity index is 745. The summed E-state index contributed by atoms with van der Waals surface area (Å²) in [4.78, 5) is 0. The molecule has 1 nitrogen and oxygen atoms in total. The fourth-order valence-electron chi connectivity index (χ4n) is 1.81. The first-order valence-electron chi connectivity index (χ1n) is 4.73. The molecule has 0 amide bonds. The van der Waals surface area contributed by atoms with E-state index in [0.717, 1.165) is 10.8 Å². The molecule has 0 atom stereocenters. The number of halogens is 4. The van der Waals surface area contributed by atoms with Gasteiger partial charge < -0.3 is 4.42 Å². The normalized spacial score (nSPS) is 11.5. The van der Waals surface area contributed by atoms with Crippen molar-refractivity contribution in [3.63, 3.8) is 0 Å². The Morgan fingerprint density at radius 2 is 1.59 bits per heavy atom.